The average Bonchev–Trinajstić information content (AvgIpc) is 2.18. The van der Waals surface area contributed by atoms with E-state index in [1.54, 1.807) is 24.3 Å². The van der Waals surface area contributed by atoms with Crippen LogP contribution in [0.2, 0.25) is 0 Å². The number of carbonyl (C=O) groups excluding carboxylic acids is 1. The molecular formula is C8H10KN5O4. The first-order valence-electron chi connectivity index (χ1n) is 3.91. The maximum absolute atomic E-state index is 10.6. The van der Waals surface area contributed by atoms with Gasteiger partial charge in [-0.1, -0.05) is 12.1 Å². The Labute approximate surface area is 145 Å². The zero-order valence-electron chi connectivity index (χ0n) is 9.52. The predicted molar refractivity (Wildman–Crippen MR) is 60.1 cm³/mol. The third kappa shape index (κ3) is 14.7. The Balaban J connectivity index is -0.000000240. The van der Waals surface area contributed by atoms with Gasteiger partial charge in [-0.25, -0.2) is 4.79 Å². The van der Waals surface area contributed by atoms with Crippen LogP contribution < -0.4 is 62.9 Å². The standard InChI is InChI=1S/C7H8N2O.CH2O3.K.N3/c8-6-4-2-1-3-5(6)7(9)10;2-1(3)4;;1-3-2/h1-4H,8H2,(H2,9,10);(H2,2,3,4);;/q;;+1;-1. The molecule has 0 aromatic heterocycles. The normalized spacial score (nSPS) is 6.89. The molecule has 92 valence electrons. The maximum Gasteiger partial charge on any atom is 1.00 e. The van der Waals surface area contributed by atoms with Crippen molar-refractivity contribution in [1.29, 1.82) is 0 Å². The molecular weight excluding hydrogens is 269 g/mol. The van der Waals surface area contributed by atoms with Crippen LogP contribution in [-0.2, 0) is 0 Å². The summed E-state index contributed by atoms with van der Waals surface area (Å²) in [6, 6.07) is 6.70. The summed E-state index contributed by atoms with van der Waals surface area (Å²) >= 11 is 0. The molecule has 1 amide bonds. The number of nitrogen functional groups attached to an aromatic ring is 1. The molecule has 0 saturated heterocycles. The van der Waals surface area contributed by atoms with E-state index < -0.39 is 12.1 Å². The van der Waals surface area contributed by atoms with Crippen LogP contribution >= 0.6 is 0 Å². The summed E-state index contributed by atoms with van der Waals surface area (Å²) in [5, 5.41) is 13.9. The molecule has 0 unspecified atom stereocenters. The molecule has 1 rings (SSSR count). The number of nitrogens with zero attached hydrogens (tertiary/aromatic N) is 3. The molecule has 6 N–H and O–H groups in total. The first kappa shape index (κ1) is 21.9. The average molecular weight is 279 g/mol. The zero-order chi connectivity index (χ0) is 13.8. The maximum atomic E-state index is 10.6. The number of hydrogen-bond donors (Lipinski definition) is 4. The van der Waals surface area contributed by atoms with Gasteiger partial charge in [0.1, 0.15) is 0 Å². The Morgan fingerprint density at radius 2 is 1.50 bits per heavy atom. The smallest absolute Gasteiger partial charge is 0.450 e. The Morgan fingerprint density at radius 3 is 1.72 bits per heavy atom. The number of carboxylic acid groups (broad SMARTS) is 2. The van der Waals surface area contributed by atoms with Crippen molar-refractivity contribution in [3.63, 3.8) is 0 Å². The van der Waals surface area contributed by atoms with E-state index in [1.165, 1.54) is 4.91 Å². The zero-order valence-corrected chi connectivity index (χ0v) is 12.6. The van der Waals surface area contributed by atoms with Crippen molar-refractivity contribution in [3.8, 4) is 0 Å². The van der Waals surface area contributed by atoms with Crippen molar-refractivity contribution < 1.29 is 71.2 Å². The summed E-state index contributed by atoms with van der Waals surface area (Å²) in [4.78, 5) is 20.6. The molecule has 9 nitrogen and oxygen atoms in total. The number of benzene rings is 1. The number of rotatable bonds is 1. The van der Waals surface area contributed by atoms with Gasteiger partial charge in [-0.05, 0) is 12.1 Å². The van der Waals surface area contributed by atoms with Crippen LogP contribution in [0.5, 0.6) is 0 Å². The van der Waals surface area contributed by atoms with Gasteiger partial charge >= 0.3 is 57.5 Å². The third-order valence-corrected chi connectivity index (χ3v) is 1.23. The summed E-state index contributed by atoms with van der Waals surface area (Å²) in [7, 11) is 0. The molecule has 0 spiro atoms. The van der Waals surface area contributed by atoms with E-state index in [-0.39, 0.29) is 51.4 Å². The SMILES string of the molecule is NC(=O)c1ccccc1N.O=C(O)O.[K+].[N-]=[N+]=[N-]. The fraction of sp³-hybridized carbons (Fsp3) is 0. The van der Waals surface area contributed by atoms with Gasteiger partial charge in [0.25, 0.3) is 5.91 Å². The number of amides is 1. The van der Waals surface area contributed by atoms with Crippen molar-refractivity contribution in [2.24, 2.45) is 5.73 Å². The van der Waals surface area contributed by atoms with Crippen LogP contribution in [-0.4, -0.2) is 22.3 Å². The number of primary amides is 1. The first-order valence-corrected chi connectivity index (χ1v) is 3.91. The van der Waals surface area contributed by atoms with E-state index in [1.807, 2.05) is 0 Å². The second kappa shape index (κ2) is 13.8. The van der Waals surface area contributed by atoms with Gasteiger partial charge in [0.2, 0.25) is 0 Å². The minimum absolute atomic E-state index is 0. The van der Waals surface area contributed by atoms with Crippen LogP contribution in [0.1, 0.15) is 10.4 Å². The molecule has 1 aromatic carbocycles. The quantitative estimate of drug-likeness (QED) is 0.159. The molecule has 0 bridgehead atoms. The van der Waals surface area contributed by atoms with Gasteiger partial charge < -0.3 is 32.7 Å². The van der Waals surface area contributed by atoms with Crippen LogP contribution in [0.25, 0.3) is 16.0 Å². The van der Waals surface area contributed by atoms with Crippen molar-refractivity contribution in [3.05, 3.63) is 45.8 Å². The van der Waals surface area contributed by atoms with E-state index in [2.05, 4.69) is 0 Å². The molecule has 0 aliphatic rings. The van der Waals surface area contributed by atoms with Crippen molar-refractivity contribution in [1.82, 2.24) is 0 Å². The molecule has 0 atom stereocenters. The van der Waals surface area contributed by atoms with Crippen LogP contribution in [0.4, 0.5) is 10.5 Å². The number of para-hydroxylation sites is 1. The van der Waals surface area contributed by atoms with Crippen molar-refractivity contribution in [2.75, 3.05) is 5.73 Å². The monoisotopic (exact) mass is 279 g/mol. The van der Waals surface area contributed by atoms with Crippen LogP contribution in [0, 0.1) is 0 Å². The van der Waals surface area contributed by atoms with E-state index in [0.717, 1.165) is 0 Å². The molecule has 18 heavy (non-hydrogen) atoms. The molecule has 0 aliphatic heterocycles. The van der Waals surface area contributed by atoms with Gasteiger partial charge in [0, 0.05) is 5.69 Å². The van der Waals surface area contributed by atoms with E-state index in [4.69, 9.17) is 37.5 Å². The molecule has 0 radical (unpaired) electrons. The molecule has 0 fully saturated rings. The van der Waals surface area contributed by atoms with Gasteiger partial charge in [-0.3, -0.25) is 9.71 Å². The van der Waals surface area contributed by atoms with Gasteiger partial charge in [0.15, 0.2) is 0 Å². The number of hydrogen-bond acceptors (Lipinski definition) is 3. The Bertz CT molecular complexity index is 416. The van der Waals surface area contributed by atoms with Crippen LogP contribution in [0.3, 0.4) is 0 Å². The van der Waals surface area contributed by atoms with E-state index in [9.17, 15) is 4.79 Å². The molecule has 0 aliphatic carbocycles. The third-order valence-electron chi connectivity index (χ3n) is 1.23. The molecule has 10 heteroatoms. The Hall–Kier alpha value is -1.29. The second-order valence-electron chi connectivity index (χ2n) is 2.32. The molecule has 0 heterocycles. The summed E-state index contributed by atoms with van der Waals surface area (Å²) in [5.41, 5.74) is 24.7. The van der Waals surface area contributed by atoms with E-state index >= 15 is 0 Å². The molecule has 1 aromatic rings. The summed E-state index contributed by atoms with van der Waals surface area (Å²) in [6.45, 7) is 0. The van der Waals surface area contributed by atoms with Crippen molar-refractivity contribution in [2.45, 2.75) is 0 Å². The summed E-state index contributed by atoms with van der Waals surface area (Å²) < 4.78 is 0. The molecule has 0 saturated carbocycles. The number of anilines is 1. The van der Waals surface area contributed by atoms with Crippen molar-refractivity contribution >= 4 is 17.7 Å². The number of carbonyl (C=O) groups is 2. The minimum Gasteiger partial charge on any atom is -0.450 e. The Kier molecular flexibility index (Phi) is 16.8. The largest absolute Gasteiger partial charge is 1.00 e. The fourth-order valence-electron chi connectivity index (χ4n) is 0.721. The summed E-state index contributed by atoms with van der Waals surface area (Å²) in [5.74, 6) is -0.488. The minimum atomic E-state index is -1.83. The van der Waals surface area contributed by atoms with Crippen LogP contribution in [0.15, 0.2) is 24.3 Å². The summed E-state index contributed by atoms with van der Waals surface area (Å²) in [6.07, 6.45) is -1.83. The predicted octanol–water partition coefficient (Wildman–Crippen LogP) is -1.54. The topological polar surface area (TPSA) is 185 Å². The second-order valence-corrected chi connectivity index (χ2v) is 2.32. The Morgan fingerprint density at radius 1 is 1.17 bits per heavy atom. The van der Waals surface area contributed by atoms with Gasteiger partial charge in [-0.15, -0.1) is 0 Å². The first-order chi connectivity index (χ1) is 7.86. The fourth-order valence-corrected chi connectivity index (χ4v) is 0.721. The van der Waals surface area contributed by atoms with Gasteiger partial charge in [0.05, 0.1) is 5.56 Å². The van der Waals surface area contributed by atoms with E-state index in [0.29, 0.717) is 11.3 Å². The number of nitrogens with two attached hydrogens (primary N) is 2. The van der Waals surface area contributed by atoms with Gasteiger partial charge in [-0.2, -0.15) is 0 Å².